The van der Waals surface area contributed by atoms with E-state index in [0.717, 1.165) is 25.0 Å². The number of aromatic nitrogens is 2. The molecule has 0 amide bonds. The number of nitrogens with zero attached hydrogens (tertiary/aromatic N) is 2. The number of anilines is 1. The van der Waals surface area contributed by atoms with Gasteiger partial charge < -0.3 is 5.73 Å². The molecule has 6 nitrogen and oxygen atoms in total. The van der Waals surface area contributed by atoms with Gasteiger partial charge in [0.25, 0.3) is 0 Å². The summed E-state index contributed by atoms with van der Waals surface area (Å²) in [7, 11) is -3.56. The van der Waals surface area contributed by atoms with Gasteiger partial charge in [-0.25, -0.2) is 23.1 Å². The minimum atomic E-state index is -3.56. The molecule has 1 heterocycles. The molecule has 0 radical (unpaired) electrons. The molecule has 0 aliphatic heterocycles. The predicted octanol–water partition coefficient (Wildman–Crippen LogP) is 1.01. The van der Waals surface area contributed by atoms with Gasteiger partial charge in [0, 0.05) is 11.3 Å². The van der Waals surface area contributed by atoms with Crippen molar-refractivity contribution in [2.24, 2.45) is 0 Å². The van der Waals surface area contributed by atoms with E-state index >= 15 is 0 Å². The normalized spacial score (nSPS) is 23.6. The molecule has 2 atom stereocenters. The number of hydrogen-bond donors (Lipinski definition) is 2. The summed E-state index contributed by atoms with van der Waals surface area (Å²) in [5.74, 6) is 1.06. The highest BCUT2D eigenvalue weighted by Crippen LogP contribution is 2.30. The first kappa shape index (κ1) is 14.5. The quantitative estimate of drug-likeness (QED) is 0.842. The van der Waals surface area contributed by atoms with E-state index in [2.05, 4.69) is 21.6 Å². The van der Waals surface area contributed by atoms with Gasteiger partial charge in [0.2, 0.25) is 16.0 Å². The largest absolute Gasteiger partial charge is 0.368 e. The van der Waals surface area contributed by atoms with E-state index in [-0.39, 0.29) is 16.9 Å². The standard InChI is InChI=1S/C11H18N4O2S2/c1-2-18-10-5-3-4-9(10)15-19(16,17)8-6-13-11(12)14-7-8/h6-7,9-10,15H,2-5H2,1H3,(H2,12,13,14). The van der Waals surface area contributed by atoms with Gasteiger partial charge in [-0.1, -0.05) is 13.3 Å². The zero-order valence-electron chi connectivity index (χ0n) is 10.7. The molecule has 1 aromatic heterocycles. The number of hydrogen-bond acceptors (Lipinski definition) is 6. The van der Waals surface area contributed by atoms with E-state index in [1.807, 2.05) is 11.8 Å². The van der Waals surface area contributed by atoms with Crippen LogP contribution in [0.25, 0.3) is 0 Å². The smallest absolute Gasteiger partial charge is 0.243 e. The summed E-state index contributed by atoms with van der Waals surface area (Å²) >= 11 is 1.81. The molecular formula is C11H18N4O2S2. The third kappa shape index (κ3) is 3.58. The highest BCUT2D eigenvalue weighted by molar-refractivity contribution is 8.00. The first-order valence-corrected chi connectivity index (χ1v) is 8.77. The highest BCUT2D eigenvalue weighted by Gasteiger charge is 2.31. The van der Waals surface area contributed by atoms with Crippen LogP contribution in [0.3, 0.4) is 0 Å². The Morgan fingerprint density at radius 2 is 2.11 bits per heavy atom. The van der Waals surface area contributed by atoms with Crippen LogP contribution < -0.4 is 10.5 Å². The van der Waals surface area contributed by atoms with E-state index in [1.54, 1.807) is 0 Å². The fourth-order valence-corrected chi connectivity index (χ4v) is 4.69. The van der Waals surface area contributed by atoms with Gasteiger partial charge in [0.1, 0.15) is 4.90 Å². The SMILES string of the molecule is CCSC1CCCC1NS(=O)(=O)c1cnc(N)nc1. The maximum Gasteiger partial charge on any atom is 0.243 e. The van der Waals surface area contributed by atoms with Crippen LogP contribution in [0.15, 0.2) is 17.3 Å². The maximum atomic E-state index is 12.2. The summed E-state index contributed by atoms with van der Waals surface area (Å²) < 4.78 is 27.2. The molecule has 3 N–H and O–H groups in total. The number of nitrogens with two attached hydrogens (primary N) is 1. The second-order valence-electron chi connectivity index (χ2n) is 4.43. The van der Waals surface area contributed by atoms with Crippen LogP contribution in [-0.4, -0.2) is 35.4 Å². The van der Waals surface area contributed by atoms with E-state index in [4.69, 9.17) is 5.73 Å². The molecule has 0 aromatic carbocycles. The lowest BCUT2D eigenvalue weighted by Crippen LogP contribution is -2.38. The van der Waals surface area contributed by atoms with Crippen LogP contribution in [-0.2, 0) is 10.0 Å². The predicted molar refractivity (Wildman–Crippen MR) is 76.3 cm³/mol. The van der Waals surface area contributed by atoms with Gasteiger partial charge >= 0.3 is 0 Å². The molecule has 0 bridgehead atoms. The Labute approximate surface area is 117 Å². The number of sulfonamides is 1. The average molecular weight is 302 g/mol. The van der Waals surface area contributed by atoms with Crippen molar-refractivity contribution in [3.63, 3.8) is 0 Å². The molecule has 8 heteroatoms. The van der Waals surface area contributed by atoms with E-state index in [1.165, 1.54) is 12.4 Å². The van der Waals surface area contributed by atoms with Crippen molar-refractivity contribution in [2.75, 3.05) is 11.5 Å². The molecule has 2 rings (SSSR count). The third-order valence-electron chi connectivity index (χ3n) is 3.10. The maximum absolute atomic E-state index is 12.2. The Hall–Kier alpha value is -0.860. The molecule has 2 unspecified atom stereocenters. The Balaban J connectivity index is 2.10. The highest BCUT2D eigenvalue weighted by atomic mass is 32.2. The van der Waals surface area contributed by atoms with Crippen molar-refractivity contribution >= 4 is 27.7 Å². The zero-order valence-corrected chi connectivity index (χ0v) is 12.4. The molecule has 1 aliphatic carbocycles. The first-order chi connectivity index (χ1) is 9.03. The Bertz CT molecular complexity index is 518. The van der Waals surface area contributed by atoms with Crippen LogP contribution >= 0.6 is 11.8 Å². The van der Waals surface area contributed by atoms with Gasteiger partial charge in [0.15, 0.2) is 0 Å². The monoisotopic (exact) mass is 302 g/mol. The number of thioether (sulfide) groups is 1. The van der Waals surface area contributed by atoms with Crippen LogP contribution in [0.5, 0.6) is 0 Å². The number of nitrogen functional groups attached to an aromatic ring is 1. The van der Waals surface area contributed by atoms with Crippen molar-refractivity contribution in [3.05, 3.63) is 12.4 Å². The molecule has 106 valence electrons. The van der Waals surface area contributed by atoms with Gasteiger partial charge in [-0.15, -0.1) is 0 Å². The van der Waals surface area contributed by atoms with Gasteiger partial charge in [-0.05, 0) is 18.6 Å². The van der Waals surface area contributed by atoms with E-state index in [0.29, 0.717) is 5.25 Å². The van der Waals surface area contributed by atoms with E-state index < -0.39 is 10.0 Å². The summed E-state index contributed by atoms with van der Waals surface area (Å²) in [6.45, 7) is 2.09. The molecule has 19 heavy (non-hydrogen) atoms. The molecular weight excluding hydrogens is 284 g/mol. The third-order valence-corrected chi connectivity index (χ3v) is 5.87. The van der Waals surface area contributed by atoms with Crippen molar-refractivity contribution in [1.82, 2.24) is 14.7 Å². The Kier molecular flexibility index (Phi) is 4.64. The lowest BCUT2D eigenvalue weighted by molar-refractivity contribution is 0.554. The number of rotatable bonds is 5. The molecule has 1 fully saturated rings. The fraction of sp³-hybridized carbons (Fsp3) is 0.636. The van der Waals surface area contributed by atoms with E-state index in [9.17, 15) is 8.42 Å². The van der Waals surface area contributed by atoms with Gasteiger partial charge in [-0.2, -0.15) is 11.8 Å². The van der Waals surface area contributed by atoms with Crippen LogP contribution in [0.2, 0.25) is 0 Å². The molecule has 1 saturated carbocycles. The van der Waals surface area contributed by atoms with Gasteiger partial charge in [-0.3, -0.25) is 0 Å². The van der Waals surface area contributed by atoms with Crippen molar-refractivity contribution in [3.8, 4) is 0 Å². The topological polar surface area (TPSA) is 98.0 Å². The Morgan fingerprint density at radius 3 is 2.74 bits per heavy atom. The minimum absolute atomic E-state index is 0.00694. The molecule has 0 spiro atoms. The lowest BCUT2D eigenvalue weighted by Gasteiger charge is -2.19. The first-order valence-electron chi connectivity index (χ1n) is 6.24. The van der Waals surface area contributed by atoms with Crippen molar-refractivity contribution < 1.29 is 8.42 Å². The second kappa shape index (κ2) is 6.06. The lowest BCUT2D eigenvalue weighted by atomic mass is 10.3. The van der Waals surface area contributed by atoms with Crippen LogP contribution in [0, 0.1) is 0 Å². The number of nitrogens with one attached hydrogen (secondary N) is 1. The zero-order chi connectivity index (χ0) is 13.9. The van der Waals surface area contributed by atoms with Gasteiger partial charge in [0.05, 0.1) is 12.4 Å². The Morgan fingerprint density at radius 1 is 1.42 bits per heavy atom. The minimum Gasteiger partial charge on any atom is -0.368 e. The van der Waals surface area contributed by atoms with Crippen molar-refractivity contribution in [1.29, 1.82) is 0 Å². The average Bonchev–Trinajstić information content (AvgIpc) is 2.77. The summed E-state index contributed by atoms with van der Waals surface area (Å²) in [4.78, 5) is 7.50. The summed E-state index contributed by atoms with van der Waals surface area (Å²) in [5, 5.41) is 0.356. The van der Waals surface area contributed by atoms with Crippen LogP contribution in [0.4, 0.5) is 5.95 Å². The molecule has 0 saturated heterocycles. The summed E-state index contributed by atoms with van der Waals surface area (Å²) in [6, 6.07) is -0.00694. The fourth-order valence-electron chi connectivity index (χ4n) is 2.21. The molecule has 1 aliphatic rings. The van der Waals surface area contributed by atoms with Crippen LogP contribution in [0.1, 0.15) is 26.2 Å². The second-order valence-corrected chi connectivity index (χ2v) is 7.66. The van der Waals surface area contributed by atoms with Crippen molar-refractivity contribution in [2.45, 2.75) is 42.4 Å². The summed E-state index contributed by atoms with van der Waals surface area (Å²) in [5.41, 5.74) is 5.35. The summed E-state index contributed by atoms with van der Waals surface area (Å²) in [6.07, 6.45) is 5.48. The molecule has 1 aromatic rings.